The molecule has 0 bridgehead atoms. The highest BCUT2D eigenvalue weighted by molar-refractivity contribution is 6.30. The summed E-state index contributed by atoms with van der Waals surface area (Å²) in [5.41, 5.74) is 1.87. The lowest BCUT2D eigenvalue weighted by atomic mass is 10.1. The van der Waals surface area contributed by atoms with E-state index in [1.807, 2.05) is 41.3 Å². The molecule has 1 aliphatic heterocycles. The van der Waals surface area contributed by atoms with Gasteiger partial charge in [0.25, 0.3) is 0 Å². The van der Waals surface area contributed by atoms with Crippen molar-refractivity contribution in [3.63, 3.8) is 0 Å². The lowest BCUT2D eigenvalue weighted by molar-refractivity contribution is 0.135. The number of rotatable bonds is 8. The molecule has 0 spiro atoms. The van der Waals surface area contributed by atoms with Gasteiger partial charge in [0, 0.05) is 44.3 Å². The van der Waals surface area contributed by atoms with Crippen molar-refractivity contribution in [3.05, 3.63) is 64.7 Å². The summed E-state index contributed by atoms with van der Waals surface area (Å²) in [5.74, 6) is 0.808. The van der Waals surface area contributed by atoms with E-state index in [0.29, 0.717) is 23.7 Å². The van der Waals surface area contributed by atoms with E-state index in [-0.39, 0.29) is 6.03 Å². The zero-order valence-electron chi connectivity index (χ0n) is 17.0. The van der Waals surface area contributed by atoms with Crippen molar-refractivity contribution in [3.8, 4) is 11.8 Å². The third-order valence-electron chi connectivity index (χ3n) is 5.08. The summed E-state index contributed by atoms with van der Waals surface area (Å²) in [6, 6.07) is 17.1. The summed E-state index contributed by atoms with van der Waals surface area (Å²) in [6.45, 7) is 5.25. The van der Waals surface area contributed by atoms with Crippen LogP contribution in [0.1, 0.15) is 24.0 Å². The van der Waals surface area contributed by atoms with Crippen molar-refractivity contribution >= 4 is 17.6 Å². The number of hydrogen-bond donors (Lipinski definition) is 1. The van der Waals surface area contributed by atoms with Crippen LogP contribution in [0.5, 0.6) is 5.75 Å². The molecule has 158 valence electrons. The average Bonchev–Trinajstić information content (AvgIpc) is 2.78. The second-order valence-electron chi connectivity index (χ2n) is 7.31. The number of halogens is 1. The van der Waals surface area contributed by atoms with E-state index in [2.05, 4.69) is 16.3 Å². The number of hydrogen-bond acceptors (Lipinski definition) is 4. The smallest absolute Gasteiger partial charge is 0.317 e. The summed E-state index contributed by atoms with van der Waals surface area (Å²) in [5, 5.41) is 12.6. The van der Waals surface area contributed by atoms with Crippen molar-refractivity contribution in [2.45, 2.75) is 19.4 Å². The van der Waals surface area contributed by atoms with Crippen LogP contribution in [0, 0.1) is 11.3 Å². The van der Waals surface area contributed by atoms with E-state index in [1.54, 1.807) is 12.1 Å². The second kappa shape index (κ2) is 11.4. The van der Waals surface area contributed by atoms with Crippen LogP contribution >= 0.6 is 11.6 Å². The van der Waals surface area contributed by atoms with Crippen LogP contribution < -0.4 is 10.1 Å². The predicted molar refractivity (Wildman–Crippen MR) is 118 cm³/mol. The summed E-state index contributed by atoms with van der Waals surface area (Å²) in [4.78, 5) is 16.5. The molecule has 1 N–H and O–H groups in total. The normalized spacial score (nSPS) is 14.2. The molecule has 0 aromatic heterocycles. The Bertz CT molecular complexity index is 841. The molecule has 0 saturated carbocycles. The lowest BCUT2D eigenvalue weighted by Gasteiger charge is -2.34. The van der Waals surface area contributed by atoms with Gasteiger partial charge in [-0.25, -0.2) is 4.79 Å². The molecule has 1 aliphatic rings. The van der Waals surface area contributed by atoms with Gasteiger partial charge in [0.1, 0.15) is 5.75 Å². The number of carbonyl (C=O) groups is 1. The first-order valence-corrected chi connectivity index (χ1v) is 10.6. The fourth-order valence-electron chi connectivity index (χ4n) is 3.31. The van der Waals surface area contributed by atoms with Crippen LogP contribution in [0.2, 0.25) is 5.02 Å². The van der Waals surface area contributed by atoms with Gasteiger partial charge in [-0.05, 0) is 54.8 Å². The monoisotopic (exact) mass is 426 g/mol. The SMILES string of the molecule is N#Cc1ccc(CN2CCN(C(=O)NCCCCOc3ccc(Cl)cc3)CC2)cc1. The number of unbranched alkanes of at least 4 members (excludes halogenated alkanes) is 1. The molecular formula is C23H27ClN4O2. The quantitative estimate of drug-likeness (QED) is 0.650. The minimum absolute atomic E-state index is 0.00615. The second-order valence-corrected chi connectivity index (χ2v) is 7.75. The molecule has 2 aromatic rings. The van der Waals surface area contributed by atoms with E-state index in [0.717, 1.165) is 51.3 Å². The third-order valence-corrected chi connectivity index (χ3v) is 5.33. The maximum absolute atomic E-state index is 12.3. The van der Waals surface area contributed by atoms with Crippen LogP contribution in [-0.2, 0) is 6.54 Å². The molecule has 6 nitrogen and oxygen atoms in total. The van der Waals surface area contributed by atoms with Gasteiger partial charge in [0.2, 0.25) is 0 Å². The number of benzene rings is 2. The largest absolute Gasteiger partial charge is 0.494 e. The Labute approximate surface area is 183 Å². The molecule has 0 atom stereocenters. The van der Waals surface area contributed by atoms with Crippen LogP contribution in [0.3, 0.4) is 0 Å². The fraction of sp³-hybridized carbons (Fsp3) is 0.391. The Morgan fingerprint density at radius 2 is 1.73 bits per heavy atom. The van der Waals surface area contributed by atoms with E-state index < -0.39 is 0 Å². The van der Waals surface area contributed by atoms with Crippen LogP contribution in [0.4, 0.5) is 4.79 Å². The first-order valence-electron chi connectivity index (χ1n) is 10.3. The van der Waals surface area contributed by atoms with E-state index in [4.69, 9.17) is 21.6 Å². The maximum Gasteiger partial charge on any atom is 0.317 e. The molecule has 1 fully saturated rings. The number of ether oxygens (including phenoxy) is 1. The number of nitriles is 1. The minimum Gasteiger partial charge on any atom is -0.494 e. The van der Waals surface area contributed by atoms with Crippen molar-refractivity contribution < 1.29 is 9.53 Å². The average molecular weight is 427 g/mol. The molecule has 1 saturated heterocycles. The fourth-order valence-corrected chi connectivity index (χ4v) is 3.43. The molecule has 0 aliphatic carbocycles. The maximum atomic E-state index is 12.3. The summed E-state index contributed by atoms with van der Waals surface area (Å²) in [6.07, 6.45) is 1.75. The Balaban J connectivity index is 1.26. The highest BCUT2D eigenvalue weighted by atomic mass is 35.5. The summed E-state index contributed by atoms with van der Waals surface area (Å²) in [7, 11) is 0. The van der Waals surface area contributed by atoms with Gasteiger partial charge in [0.15, 0.2) is 0 Å². The molecule has 2 amide bonds. The van der Waals surface area contributed by atoms with Gasteiger partial charge < -0.3 is 15.0 Å². The predicted octanol–water partition coefficient (Wildman–Crippen LogP) is 3.90. The number of nitrogens with one attached hydrogen (secondary N) is 1. The molecule has 30 heavy (non-hydrogen) atoms. The topological polar surface area (TPSA) is 68.6 Å². The van der Waals surface area contributed by atoms with E-state index in [9.17, 15) is 4.79 Å². The first-order chi connectivity index (χ1) is 14.6. The van der Waals surface area contributed by atoms with Gasteiger partial charge in [0.05, 0.1) is 18.2 Å². The van der Waals surface area contributed by atoms with E-state index >= 15 is 0 Å². The van der Waals surface area contributed by atoms with Crippen LogP contribution in [0.25, 0.3) is 0 Å². The highest BCUT2D eigenvalue weighted by Crippen LogP contribution is 2.15. The molecule has 3 rings (SSSR count). The Kier molecular flexibility index (Phi) is 8.37. The Morgan fingerprint density at radius 1 is 1.03 bits per heavy atom. The lowest BCUT2D eigenvalue weighted by Crippen LogP contribution is -2.51. The summed E-state index contributed by atoms with van der Waals surface area (Å²) < 4.78 is 5.65. The van der Waals surface area contributed by atoms with Crippen LogP contribution in [-0.4, -0.2) is 55.2 Å². The van der Waals surface area contributed by atoms with Gasteiger partial charge in [-0.3, -0.25) is 4.90 Å². The van der Waals surface area contributed by atoms with Gasteiger partial charge in [-0.15, -0.1) is 0 Å². The number of piperazine rings is 1. The van der Waals surface area contributed by atoms with Gasteiger partial charge in [-0.2, -0.15) is 5.26 Å². The minimum atomic E-state index is 0.00615. The van der Waals surface area contributed by atoms with Crippen molar-refractivity contribution in [1.29, 1.82) is 5.26 Å². The van der Waals surface area contributed by atoms with Crippen LogP contribution in [0.15, 0.2) is 48.5 Å². The number of amides is 2. The van der Waals surface area contributed by atoms with Gasteiger partial charge in [-0.1, -0.05) is 23.7 Å². The summed E-state index contributed by atoms with van der Waals surface area (Å²) >= 11 is 5.85. The number of nitrogens with zero attached hydrogens (tertiary/aromatic N) is 3. The Hall–Kier alpha value is -2.75. The molecule has 0 radical (unpaired) electrons. The first kappa shape index (κ1) is 21.9. The molecule has 7 heteroatoms. The molecule has 1 heterocycles. The van der Waals surface area contributed by atoms with Crippen molar-refractivity contribution in [1.82, 2.24) is 15.1 Å². The van der Waals surface area contributed by atoms with Gasteiger partial charge >= 0.3 is 6.03 Å². The standard InChI is InChI=1S/C23H27ClN4O2/c24-21-7-9-22(10-8-21)30-16-2-1-11-26-23(29)28-14-12-27(13-15-28)18-20-5-3-19(17-25)4-6-20/h3-10H,1-2,11-16,18H2,(H,26,29). The zero-order chi connectivity index (χ0) is 21.2. The third kappa shape index (κ3) is 6.94. The number of carbonyl (C=O) groups excluding carboxylic acids is 1. The Morgan fingerprint density at radius 3 is 2.40 bits per heavy atom. The zero-order valence-corrected chi connectivity index (χ0v) is 17.8. The van der Waals surface area contributed by atoms with E-state index in [1.165, 1.54) is 5.56 Å². The molecule has 0 unspecified atom stereocenters. The molecular weight excluding hydrogens is 400 g/mol. The number of urea groups is 1. The van der Waals surface area contributed by atoms with Crippen molar-refractivity contribution in [2.75, 3.05) is 39.3 Å². The highest BCUT2D eigenvalue weighted by Gasteiger charge is 2.20. The molecule has 2 aromatic carbocycles. The van der Waals surface area contributed by atoms with Crippen molar-refractivity contribution in [2.24, 2.45) is 0 Å².